The van der Waals surface area contributed by atoms with E-state index in [1.165, 1.54) is 0 Å². The van der Waals surface area contributed by atoms with E-state index in [-0.39, 0.29) is 11.5 Å². The van der Waals surface area contributed by atoms with E-state index >= 15 is 0 Å². The number of anilines is 1. The summed E-state index contributed by atoms with van der Waals surface area (Å²) in [4.78, 5) is 13.6. The Balaban J connectivity index is 1.43. The van der Waals surface area contributed by atoms with Crippen LogP contribution < -0.4 is 16.4 Å². The van der Waals surface area contributed by atoms with E-state index in [9.17, 15) is 4.79 Å². The topological polar surface area (TPSA) is 137 Å². The first-order chi connectivity index (χ1) is 16.0. The second kappa shape index (κ2) is 10.4. The molecular formula is C21H20Cl2N8O2. The number of nitrogens with one attached hydrogen (secondary N) is 2. The Kier molecular flexibility index (Phi) is 7.18. The Morgan fingerprint density at radius 1 is 1.00 bits per heavy atom. The van der Waals surface area contributed by atoms with E-state index in [0.717, 1.165) is 22.5 Å². The maximum absolute atomic E-state index is 12.0. The van der Waals surface area contributed by atoms with Gasteiger partial charge in [0.2, 0.25) is 11.5 Å². The van der Waals surface area contributed by atoms with Crippen molar-refractivity contribution in [2.24, 2.45) is 0 Å². The molecule has 0 atom stereocenters. The molecule has 2 aromatic carbocycles. The zero-order valence-corrected chi connectivity index (χ0v) is 18.8. The average molecular weight is 487 g/mol. The molecule has 4 N–H and O–H groups in total. The number of nitrogens with zero attached hydrogens (tertiary/aromatic N) is 5. The first-order valence-corrected chi connectivity index (χ1v) is 10.8. The van der Waals surface area contributed by atoms with Crippen LogP contribution in [0.2, 0.25) is 10.0 Å². The summed E-state index contributed by atoms with van der Waals surface area (Å²) in [5.74, 6) is -0.508. The highest BCUT2D eigenvalue weighted by Gasteiger charge is 2.16. The van der Waals surface area contributed by atoms with Crippen LogP contribution in [0.25, 0.3) is 11.3 Å². The van der Waals surface area contributed by atoms with Crippen LogP contribution in [-0.2, 0) is 13.1 Å². The normalized spacial score (nSPS) is 11.0. The van der Waals surface area contributed by atoms with Crippen LogP contribution in [0.4, 0.5) is 5.82 Å². The molecule has 0 saturated carbocycles. The van der Waals surface area contributed by atoms with Crippen molar-refractivity contribution in [3.05, 3.63) is 75.5 Å². The van der Waals surface area contributed by atoms with Crippen LogP contribution in [0.1, 0.15) is 21.7 Å². The standard InChI is InChI=1S/C21H20Cl2N8O2/c22-15-7-4-8-16(23)14(15)12-31-27-17(18(28-31)13-5-2-1-3-6-13)11-25-9-10-26-21(32)19-20(24)30-33-29-19/h1-8,25H,9-12H2,(H2,24,30)(H,26,32). The number of hydrogen-bond donors (Lipinski definition) is 3. The summed E-state index contributed by atoms with van der Waals surface area (Å²) < 4.78 is 4.43. The van der Waals surface area contributed by atoms with Crippen LogP contribution in [0, 0.1) is 0 Å². The third kappa shape index (κ3) is 5.48. The SMILES string of the molecule is Nc1nonc1C(=O)NCCNCc1nn(Cc2c(Cl)cccc2Cl)nc1-c1ccccc1. The van der Waals surface area contributed by atoms with Gasteiger partial charge in [0, 0.05) is 40.8 Å². The fourth-order valence-corrected chi connectivity index (χ4v) is 3.64. The molecule has 2 aromatic heterocycles. The second-order valence-electron chi connectivity index (χ2n) is 7.02. The summed E-state index contributed by atoms with van der Waals surface area (Å²) >= 11 is 12.6. The van der Waals surface area contributed by atoms with E-state index in [4.69, 9.17) is 28.9 Å². The predicted molar refractivity (Wildman–Crippen MR) is 124 cm³/mol. The van der Waals surface area contributed by atoms with Crippen molar-refractivity contribution in [3.63, 3.8) is 0 Å². The summed E-state index contributed by atoms with van der Waals surface area (Å²) in [6.45, 7) is 1.59. The molecule has 0 aliphatic heterocycles. The lowest BCUT2D eigenvalue weighted by atomic mass is 10.1. The summed E-state index contributed by atoms with van der Waals surface area (Å²) in [6.07, 6.45) is 0. The Morgan fingerprint density at radius 3 is 2.45 bits per heavy atom. The molecule has 0 saturated heterocycles. The van der Waals surface area contributed by atoms with Gasteiger partial charge in [0.05, 0.1) is 6.54 Å². The van der Waals surface area contributed by atoms with E-state index in [1.807, 2.05) is 30.3 Å². The van der Waals surface area contributed by atoms with Crippen LogP contribution >= 0.6 is 23.2 Å². The van der Waals surface area contributed by atoms with Crippen molar-refractivity contribution >= 4 is 34.9 Å². The van der Waals surface area contributed by atoms with E-state index < -0.39 is 5.91 Å². The fraction of sp³-hybridized carbons (Fsp3) is 0.190. The van der Waals surface area contributed by atoms with Gasteiger partial charge in [0.25, 0.3) is 5.91 Å². The number of benzene rings is 2. The zero-order chi connectivity index (χ0) is 23.2. The first-order valence-electron chi connectivity index (χ1n) is 10.0. The molecule has 12 heteroatoms. The molecule has 1 amide bonds. The van der Waals surface area contributed by atoms with Gasteiger partial charge in [-0.3, -0.25) is 4.79 Å². The van der Waals surface area contributed by atoms with E-state index in [0.29, 0.717) is 36.2 Å². The van der Waals surface area contributed by atoms with Gasteiger partial charge in [-0.25, -0.2) is 4.63 Å². The molecular weight excluding hydrogens is 467 g/mol. The van der Waals surface area contributed by atoms with Crippen molar-refractivity contribution in [1.82, 2.24) is 35.9 Å². The van der Waals surface area contributed by atoms with Crippen molar-refractivity contribution in [2.75, 3.05) is 18.8 Å². The molecule has 0 spiro atoms. The van der Waals surface area contributed by atoms with Gasteiger partial charge in [-0.1, -0.05) is 59.6 Å². The molecule has 33 heavy (non-hydrogen) atoms. The third-order valence-electron chi connectivity index (χ3n) is 4.74. The van der Waals surface area contributed by atoms with Crippen molar-refractivity contribution < 1.29 is 9.42 Å². The maximum atomic E-state index is 12.0. The van der Waals surface area contributed by atoms with Gasteiger partial charge < -0.3 is 16.4 Å². The number of rotatable bonds is 9. The second-order valence-corrected chi connectivity index (χ2v) is 7.84. The van der Waals surface area contributed by atoms with Gasteiger partial charge in [-0.15, -0.1) is 0 Å². The number of nitrogens with two attached hydrogens (primary N) is 1. The summed E-state index contributed by atoms with van der Waals surface area (Å²) in [5, 5.41) is 23.2. The number of hydrogen-bond acceptors (Lipinski definition) is 8. The van der Waals surface area contributed by atoms with E-state index in [2.05, 4.69) is 35.8 Å². The molecule has 10 nitrogen and oxygen atoms in total. The van der Waals surface area contributed by atoms with Crippen LogP contribution in [-0.4, -0.2) is 44.3 Å². The average Bonchev–Trinajstić information content (AvgIpc) is 3.42. The first kappa shape index (κ1) is 22.7. The number of amides is 1. The highest BCUT2D eigenvalue weighted by atomic mass is 35.5. The van der Waals surface area contributed by atoms with Crippen LogP contribution in [0.15, 0.2) is 53.2 Å². The van der Waals surface area contributed by atoms with Crippen molar-refractivity contribution in [2.45, 2.75) is 13.1 Å². The number of carbonyl (C=O) groups is 1. The van der Waals surface area contributed by atoms with Crippen LogP contribution in [0.3, 0.4) is 0 Å². The van der Waals surface area contributed by atoms with Gasteiger partial charge in [0.15, 0.2) is 0 Å². The Labute approximate surface area is 199 Å². The van der Waals surface area contributed by atoms with E-state index in [1.54, 1.807) is 23.0 Å². The van der Waals surface area contributed by atoms with Gasteiger partial charge in [-0.05, 0) is 22.4 Å². The fourth-order valence-electron chi connectivity index (χ4n) is 3.13. The maximum Gasteiger partial charge on any atom is 0.277 e. The lowest BCUT2D eigenvalue weighted by Gasteiger charge is -2.06. The predicted octanol–water partition coefficient (Wildman–Crippen LogP) is 2.79. The molecule has 0 bridgehead atoms. The molecule has 0 aliphatic carbocycles. The smallest absolute Gasteiger partial charge is 0.277 e. The summed E-state index contributed by atoms with van der Waals surface area (Å²) in [6, 6.07) is 15.1. The van der Waals surface area contributed by atoms with Gasteiger partial charge in [0.1, 0.15) is 11.4 Å². The lowest BCUT2D eigenvalue weighted by molar-refractivity contribution is 0.0944. The minimum Gasteiger partial charge on any atom is -0.379 e. The largest absolute Gasteiger partial charge is 0.379 e. The molecule has 0 fully saturated rings. The Bertz CT molecular complexity index is 1220. The number of nitrogen functional groups attached to an aromatic ring is 1. The zero-order valence-electron chi connectivity index (χ0n) is 17.3. The molecule has 170 valence electrons. The van der Waals surface area contributed by atoms with Gasteiger partial charge in [-0.2, -0.15) is 15.0 Å². The number of aromatic nitrogens is 5. The Hall–Kier alpha value is -3.47. The molecule has 4 rings (SSSR count). The van der Waals surface area contributed by atoms with Crippen molar-refractivity contribution in [1.29, 1.82) is 0 Å². The Morgan fingerprint density at radius 2 is 1.76 bits per heavy atom. The minimum atomic E-state index is -0.455. The molecule has 0 radical (unpaired) electrons. The number of halogens is 2. The van der Waals surface area contributed by atoms with Crippen molar-refractivity contribution in [3.8, 4) is 11.3 Å². The summed E-state index contributed by atoms with van der Waals surface area (Å²) in [5.41, 5.74) is 8.66. The molecule has 2 heterocycles. The molecule has 4 aromatic rings. The summed E-state index contributed by atoms with van der Waals surface area (Å²) in [7, 11) is 0. The molecule has 0 aliphatic rings. The van der Waals surface area contributed by atoms with Crippen LogP contribution in [0.5, 0.6) is 0 Å². The van der Waals surface area contributed by atoms with Gasteiger partial charge >= 0.3 is 0 Å². The highest BCUT2D eigenvalue weighted by molar-refractivity contribution is 6.35. The minimum absolute atomic E-state index is 0.0393. The quantitative estimate of drug-likeness (QED) is 0.307. The third-order valence-corrected chi connectivity index (χ3v) is 5.45. The highest BCUT2D eigenvalue weighted by Crippen LogP contribution is 2.26. The lowest BCUT2D eigenvalue weighted by Crippen LogP contribution is -2.32. The number of carbonyl (C=O) groups excluding carboxylic acids is 1. The monoisotopic (exact) mass is 486 g/mol. The molecule has 0 unspecified atom stereocenters.